The lowest BCUT2D eigenvalue weighted by atomic mass is 10.1. The average molecular weight is 360 g/mol. The fourth-order valence-corrected chi connectivity index (χ4v) is 2.65. The molecule has 0 saturated carbocycles. The summed E-state index contributed by atoms with van der Waals surface area (Å²) < 4.78 is 1.77. The zero-order valence-electron chi connectivity index (χ0n) is 9.46. The molecule has 0 radical (unpaired) electrons. The second-order valence-corrected chi connectivity index (χ2v) is 5.82. The third kappa shape index (κ3) is 2.52. The molecule has 3 N–H and O–H groups in total. The summed E-state index contributed by atoms with van der Waals surface area (Å²) in [4.78, 5) is 4.43. The predicted molar refractivity (Wildman–Crippen MR) is 75.7 cm³/mol. The first kappa shape index (κ1) is 12.6. The first-order chi connectivity index (χ1) is 7.99. The summed E-state index contributed by atoms with van der Waals surface area (Å²) in [5, 5.41) is 7.12. The molecule has 2 rings (SSSR count). The fraction of sp³-hybridized carbons (Fsp3) is 0.273. The van der Waals surface area contributed by atoms with E-state index in [1.54, 1.807) is 0 Å². The molecule has 0 unspecified atom stereocenters. The number of nitrogens with two attached hydrogens (primary N) is 1. The zero-order chi connectivity index (χ0) is 12.6. The van der Waals surface area contributed by atoms with E-state index < -0.39 is 0 Å². The molecule has 2 aromatic rings. The van der Waals surface area contributed by atoms with E-state index in [2.05, 4.69) is 60.9 Å². The SMILES string of the molecule is CC(C)c1nc(-c2cc(Br)cc(Br)c2N)n[nH]1. The van der Waals surface area contributed by atoms with Crippen LogP contribution in [-0.4, -0.2) is 15.2 Å². The van der Waals surface area contributed by atoms with Crippen molar-refractivity contribution in [1.82, 2.24) is 15.2 Å². The van der Waals surface area contributed by atoms with Crippen LogP contribution in [-0.2, 0) is 0 Å². The minimum atomic E-state index is 0.313. The molecular formula is C11H12Br2N4. The molecule has 0 spiro atoms. The molecule has 1 aromatic heterocycles. The van der Waals surface area contributed by atoms with Gasteiger partial charge in [0.25, 0.3) is 0 Å². The van der Waals surface area contributed by atoms with E-state index in [1.165, 1.54) is 0 Å². The molecule has 0 aliphatic rings. The summed E-state index contributed by atoms with van der Waals surface area (Å²) in [6.45, 7) is 4.12. The molecule has 90 valence electrons. The maximum Gasteiger partial charge on any atom is 0.183 e. The Balaban J connectivity index is 2.52. The Hall–Kier alpha value is -0.880. The highest BCUT2D eigenvalue weighted by Gasteiger charge is 2.13. The highest BCUT2D eigenvalue weighted by molar-refractivity contribution is 9.11. The average Bonchev–Trinajstić information content (AvgIpc) is 2.72. The first-order valence-corrected chi connectivity index (χ1v) is 6.75. The molecule has 0 atom stereocenters. The van der Waals surface area contributed by atoms with E-state index in [4.69, 9.17) is 5.73 Å². The molecule has 0 fully saturated rings. The maximum absolute atomic E-state index is 6.01. The van der Waals surface area contributed by atoms with Gasteiger partial charge in [0.05, 0.1) is 5.69 Å². The van der Waals surface area contributed by atoms with Crippen LogP contribution in [0.3, 0.4) is 0 Å². The lowest BCUT2D eigenvalue weighted by Gasteiger charge is -2.05. The Labute approximate surface area is 116 Å². The molecular weight excluding hydrogens is 348 g/mol. The number of aromatic amines is 1. The van der Waals surface area contributed by atoms with E-state index in [1.807, 2.05) is 12.1 Å². The van der Waals surface area contributed by atoms with Crippen molar-refractivity contribution in [1.29, 1.82) is 0 Å². The van der Waals surface area contributed by atoms with Crippen LogP contribution in [0.2, 0.25) is 0 Å². The summed E-state index contributed by atoms with van der Waals surface area (Å²) >= 11 is 6.84. The third-order valence-corrected chi connectivity index (χ3v) is 3.50. The maximum atomic E-state index is 6.01. The van der Waals surface area contributed by atoms with Gasteiger partial charge >= 0.3 is 0 Å². The Morgan fingerprint density at radius 1 is 1.29 bits per heavy atom. The lowest BCUT2D eigenvalue weighted by molar-refractivity contribution is 0.781. The topological polar surface area (TPSA) is 67.6 Å². The van der Waals surface area contributed by atoms with E-state index in [0.29, 0.717) is 17.4 Å². The van der Waals surface area contributed by atoms with Gasteiger partial charge in [-0.3, -0.25) is 5.10 Å². The summed E-state index contributed by atoms with van der Waals surface area (Å²) in [5.41, 5.74) is 7.46. The number of nitrogens with zero attached hydrogens (tertiary/aromatic N) is 2. The van der Waals surface area contributed by atoms with Gasteiger partial charge in [0, 0.05) is 20.4 Å². The number of H-pyrrole nitrogens is 1. The molecule has 1 heterocycles. The molecule has 0 saturated heterocycles. The largest absolute Gasteiger partial charge is 0.397 e. The monoisotopic (exact) mass is 358 g/mol. The van der Waals surface area contributed by atoms with E-state index in [9.17, 15) is 0 Å². The van der Waals surface area contributed by atoms with Gasteiger partial charge < -0.3 is 5.73 Å². The molecule has 17 heavy (non-hydrogen) atoms. The molecule has 0 amide bonds. The van der Waals surface area contributed by atoms with Gasteiger partial charge in [-0.1, -0.05) is 29.8 Å². The summed E-state index contributed by atoms with van der Waals surface area (Å²) in [6, 6.07) is 3.81. The third-order valence-electron chi connectivity index (χ3n) is 2.38. The minimum Gasteiger partial charge on any atom is -0.397 e. The number of nitrogens with one attached hydrogen (secondary N) is 1. The number of hydrogen-bond donors (Lipinski definition) is 2. The van der Waals surface area contributed by atoms with Crippen molar-refractivity contribution in [2.45, 2.75) is 19.8 Å². The summed E-state index contributed by atoms with van der Waals surface area (Å²) in [7, 11) is 0. The van der Waals surface area contributed by atoms with Gasteiger partial charge in [-0.05, 0) is 28.1 Å². The number of rotatable bonds is 2. The molecule has 1 aromatic carbocycles. The van der Waals surface area contributed by atoms with Crippen LogP contribution in [0, 0.1) is 0 Å². The van der Waals surface area contributed by atoms with Crippen LogP contribution >= 0.6 is 31.9 Å². The van der Waals surface area contributed by atoms with Gasteiger partial charge in [-0.15, -0.1) is 0 Å². The van der Waals surface area contributed by atoms with Gasteiger partial charge in [0.15, 0.2) is 5.82 Å². The summed E-state index contributed by atoms with van der Waals surface area (Å²) in [5.74, 6) is 1.79. The zero-order valence-corrected chi connectivity index (χ0v) is 12.6. The van der Waals surface area contributed by atoms with Crippen molar-refractivity contribution in [3.05, 3.63) is 26.9 Å². The number of nitrogen functional groups attached to an aromatic ring is 1. The number of aromatic nitrogens is 3. The fourth-order valence-electron chi connectivity index (χ4n) is 1.42. The van der Waals surface area contributed by atoms with Crippen molar-refractivity contribution >= 4 is 37.5 Å². The summed E-state index contributed by atoms with van der Waals surface area (Å²) in [6.07, 6.45) is 0. The number of hydrogen-bond acceptors (Lipinski definition) is 3. The highest BCUT2D eigenvalue weighted by Crippen LogP contribution is 2.33. The van der Waals surface area contributed by atoms with E-state index in [-0.39, 0.29) is 0 Å². The van der Waals surface area contributed by atoms with E-state index in [0.717, 1.165) is 20.3 Å². The van der Waals surface area contributed by atoms with Crippen LogP contribution in [0.25, 0.3) is 11.4 Å². The normalized spacial score (nSPS) is 11.1. The molecule has 4 nitrogen and oxygen atoms in total. The van der Waals surface area contributed by atoms with Crippen molar-refractivity contribution in [2.75, 3.05) is 5.73 Å². The quantitative estimate of drug-likeness (QED) is 0.803. The van der Waals surface area contributed by atoms with Gasteiger partial charge in [-0.2, -0.15) is 5.10 Å². The van der Waals surface area contributed by atoms with E-state index >= 15 is 0 Å². The second-order valence-electron chi connectivity index (χ2n) is 4.05. The van der Waals surface area contributed by atoms with Crippen LogP contribution in [0.5, 0.6) is 0 Å². The van der Waals surface area contributed by atoms with Crippen LogP contribution < -0.4 is 5.73 Å². The van der Waals surface area contributed by atoms with Crippen molar-refractivity contribution < 1.29 is 0 Å². The van der Waals surface area contributed by atoms with Crippen LogP contribution in [0.4, 0.5) is 5.69 Å². The Kier molecular flexibility index (Phi) is 3.53. The lowest BCUT2D eigenvalue weighted by Crippen LogP contribution is -1.94. The van der Waals surface area contributed by atoms with Gasteiger partial charge in [-0.25, -0.2) is 4.98 Å². The highest BCUT2D eigenvalue weighted by atomic mass is 79.9. The van der Waals surface area contributed by atoms with Gasteiger partial charge in [0.2, 0.25) is 0 Å². The van der Waals surface area contributed by atoms with Crippen LogP contribution in [0.15, 0.2) is 21.1 Å². The smallest absolute Gasteiger partial charge is 0.183 e. The van der Waals surface area contributed by atoms with Gasteiger partial charge in [0.1, 0.15) is 5.82 Å². The number of anilines is 1. The Morgan fingerprint density at radius 3 is 2.59 bits per heavy atom. The van der Waals surface area contributed by atoms with Crippen molar-refractivity contribution in [3.63, 3.8) is 0 Å². The number of halogens is 2. The molecule has 0 bridgehead atoms. The molecule has 6 heteroatoms. The minimum absolute atomic E-state index is 0.313. The molecule has 0 aliphatic heterocycles. The Morgan fingerprint density at radius 2 is 2.00 bits per heavy atom. The van der Waals surface area contributed by atoms with Crippen molar-refractivity contribution in [3.8, 4) is 11.4 Å². The van der Waals surface area contributed by atoms with Crippen molar-refractivity contribution in [2.24, 2.45) is 0 Å². The first-order valence-electron chi connectivity index (χ1n) is 5.16. The number of benzene rings is 1. The van der Waals surface area contributed by atoms with Crippen LogP contribution in [0.1, 0.15) is 25.6 Å². The Bertz CT molecular complexity index is 548. The second kappa shape index (κ2) is 4.78. The predicted octanol–water partition coefficient (Wildman–Crippen LogP) is 3.70. The molecule has 0 aliphatic carbocycles. The standard InChI is InChI=1S/C11H12Br2N4/c1-5(2)10-15-11(17-16-10)7-3-6(12)4-8(13)9(7)14/h3-5H,14H2,1-2H3,(H,15,16,17).